The van der Waals surface area contributed by atoms with Crippen molar-refractivity contribution in [3.05, 3.63) is 101 Å². The Balaban J connectivity index is 1.51. The Kier molecular flexibility index (Phi) is 6.13. The number of primary amides is 1. The van der Waals surface area contributed by atoms with E-state index >= 15 is 0 Å². The van der Waals surface area contributed by atoms with Crippen molar-refractivity contribution in [2.24, 2.45) is 5.73 Å². The van der Waals surface area contributed by atoms with Crippen molar-refractivity contribution in [2.75, 3.05) is 36.6 Å². The lowest BCUT2D eigenvalue weighted by molar-refractivity contribution is -0.110. The minimum absolute atomic E-state index is 0.212. The molecule has 0 atom stereocenters. The number of ether oxygens (including phenoxy) is 1. The Morgan fingerprint density at radius 2 is 1.57 bits per heavy atom. The lowest BCUT2D eigenvalue weighted by atomic mass is 9.98. The van der Waals surface area contributed by atoms with E-state index in [-0.39, 0.29) is 11.7 Å². The third-order valence-electron chi connectivity index (χ3n) is 6.06. The summed E-state index contributed by atoms with van der Waals surface area (Å²) in [4.78, 5) is 37.4. The van der Waals surface area contributed by atoms with Gasteiger partial charge >= 0.3 is 0 Å². The van der Waals surface area contributed by atoms with Gasteiger partial charge in [-0.15, -0.1) is 0 Å². The fourth-order valence-electron chi connectivity index (χ4n) is 4.20. The molecule has 8 heteroatoms. The highest BCUT2D eigenvalue weighted by molar-refractivity contribution is 6.32. The molecule has 0 spiro atoms. The zero-order chi connectivity index (χ0) is 24.4. The lowest BCUT2D eigenvalue weighted by Crippen LogP contribution is -2.46. The van der Waals surface area contributed by atoms with E-state index in [0.717, 1.165) is 5.69 Å². The third-order valence-corrected chi connectivity index (χ3v) is 6.06. The number of rotatable bonds is 6. The summed E-state index contributed by atoms with van der Waals surface area (Å²) in [7, 11) is 0. The number of amides is 2. The van der Waals surface area contributed by atoms with Crippen molar-refractivity contribution in [1.82, 2.24) is 5.01 Å². The van der Waals surface area contributed by atoms with Gasteiger partial charge in [-0.3, -0.25) is 19.4 Å². The number of nitrogens with zero attached hydrogens (tertiary/aromatic N) is 2. The highest BCUT2D eigenvalue weighted by Crippen LogP contribution is 2.34. The number of nitrogens with two attached hydrogens (primary N) is 1. The van der Waals surface area contributed by atoms with E-state index in [1.54, 1.807) is 30.3 Å². The van der Waals surface area contributed by atoms with Gasteiger partial charge in [0.15, 0.2) is 5.78 Å². The Morgan fingerprint density at radius 1 is 0.914 bits per heavy atom. The maximum Gasteiger partial charge on any atom is 0.257 e. The minimum atomic E-state index is -0.552. The molecule has 5 rings (SSSR count). The molecule has 3 aromatic carbocycles. The number of hydrazine groups is 1. The highest BCUT2D eigenvalue weighted by Gasteiger charge is 2.28. The van der Waals surface area contributed by atoms with Gasteiger partial charge in [-0.2, -0.15) is 0 Å². The van der Waals surface area contributed by atoms with Crippen LogP contribution < -0.4 is 16.1 Å². The molecule has 0 saturated carbocycles. The maximum absolute atomic E-state index is 13.1. The van der Waals surface area contributed by atoms with Crippen LogP contribution in [0.5, 0.6) is 0 Å². The molecule has 0 aliphatic carbocycles. The maximum atomic E-state index is 13.1. The Labute approximate surface area is 202 Å². The first kappa shape index (κ1) is 22.5. The van der Waals surface area contributed by atoms with Gasteiger partial charge in [0.25, 0.3) is 5.91 Å². The van der Waals surface area contributed by atoms with Crippen LogP contribution in [0.3, 0.4) is 0 Å². The number of carbonyl (C=O) groups is 3. The van der Waals surface area contributed by atoms with Crippen LogP contribution in [-0.4, -0.2) is 48.9 Å². The van der Waals surface area contributed by atoms with Crippen LogP contribution in [0.2, 0.25) is 0 Å². The molecule has 3 N–H and O–H groups in total. The summed E-state index contributed by atoms with van der Waals surface area (Å²) in [5, 5.41) is 7.00. The van der Waals surface area contributed by atoms with Crippen LogP contribution in [0.4, 0.5) is 11.4 Å². The number of nitrogens with one attached hydrogen (secondary N) is 1. The first-order valence-electron chi connectivity index (χ1n) is 11.3. The minimum Gasteiger partial charge on any atom is -0.379 e. The zero-order valence-electron chi connectivity index (χ0n) is 18.9. The van der Waals surface area contributed by atoms with Gasteiger partial charge in [-0.1, -0.05) is 30.3 Å². The fraction of sp³-hybridized carbons (Fsp3) is 0.148. The first-order chi connectivity index (χ1) is 17.0. The van der Waals surface area contributed by atoms with Gasteiger partial charge < -0.3 is 15.8 Å². The normalized spacial score (nSPS) is 16.6. The Morgan fingerprint density at radius 3 is 2.26 bits per heavy atom. The summed E-state index contributed by atoms with van der Waals surface area (Å²) in [5.74, 6) is -0.996. The van der Waals surface area contributed by atoms with Crippen LogP contribution in [0, 0.1) is 0 Å². The van der Waals surface area contributed by atoms with E-state index in [2.05, 4.69) is 10.3 Å². The summed E-state index contributed by atoms with van der Waals surface area (Å²) < 4.78 is 5.51. The molecule has 2 aliphatic rings. The van der Waals surface area contributed by atoms with E-state index in [9.17, 15) is 14.4 Å². The van der Waals surface area contributed by atoms with Crippen molar-refractivity contribution in [3.8, 4) is 0 Å². The van der Waals surface area contributed by atoms with Crippen molar-refractivity contribution in [2.45, 2.75) is 0 Å². The molecule has 0 aromatic heterocycles. The second-order valence-corrected chi connectivity index (χ2v) is 8.27. The predicted molar refractivity (Wildman–Crippen MR) is 133 cm³/mol. The van der Waals surface area contributed by atoms with E-state index in [1.807, 2.05) is 41.5 Å². The van der Waals surface area contributed by atoms with Crippen molar-refractivity contribution in [3.63, 3.8) is 0 Å². The smallest absolute Gasteiger partial charge is 0.257 e. The Bertz CT molecular complexity index is 1310. The van der Waals surface area contributed by atoms with Gasteiger partial charge in [-0.05, 0) is 42.5 Å². The summed E-state index contributed by atoms with van der Waals surface area (Å²) in [6, 6.07) is 21.2. The quantitative estimate of drug-likeness (QED) is 0.426. The number of ketones is 1. The summed E-state index contributed by atoms with van der Waals surface area (Å²) in [5.41, 5.74) is 9.19. The van der Waals surface area contributed by atoms with Crippen molar-refractivity contribution in [1.29, 1.82) is 0 Å². The van der Waals surface area contributed by atoms with Crippen LogP contribution >= 0.6 is 0 Å². The zero-order valence-corrected chi connectivity index (χ0v) is 18.9. The number of para-hydroxylation sites is 1. The lowest BCUT2D eigenvalue weighted by Gasteiger charge is -2.36. The van der Waals surface area contributed by atoms with Gasteiger partial charge in [0.1, 0.15) is 0 Å². The van der Waals surface area contributed by atoms with E-state index in [1.165, 1.54) is 12.1 Å². The van der Waals surface area contributed by atoms with Crippen molar-refractivity contribution >= 4 is 34.5 Å². The molecular weight excluding hydrogens is 444 g/mol. The molecule has 1 saturated heterocycles. The average molecular weight is 469 g/mol. The molecule has 8 nitrogen and oxygen atoms in total. The molecule has 2 aliphatic heterocycles. The number of morpholine rings is 1. The molecule has 0 radical (unpaired) electrons. The molecule has 3 aromatic rings. The van der Waals surface area contributed by atoms with Crippen LogP contribution in [-0.2, 0) is 9.53 Å². The summed E-state index contributed by atoms with van der Waals surface area (Å²) in [6.07, 6.45) is 1.82. The number of benzene rings is 3. The number of anilines is 2. The van der Waals surface area contributed by atoms with Crippen LogP contribution in [0.15, 0.2) is 79.0 Å². The van der Waals surface area contributed by atoms with E-state index < -0.39 is 5.91 Å². The predicted octanol–water partition coefficient (Wildman–Crippen LogP) is 3.06. The number of hydrogen-bond acceptors (Lipinski definition) is 6. The summed E-state index contributed by atoms with van der Waals surface area (Å²) >= 11 is 0. The molecule has 1 fully saturated rings. The Hall–Kier alpha value is -4.27. The molecule has 35 heavy (non-hydrogen) atoms. The summed E-state index contributed by atoms with van der Waals surface area (Å²) in [6.45, 7) is 2.57. The highest BCUT2D eigenvalue weighted by atomic mass is 16.5. The largest absolute Gasteiger partial charge is 0.379 e. The molecule has 176 valence electrons. The SMILES string of the molecule is NC(=O)c1ccc(C(=O)c2ccc3c(c2)C(=CN(c2ccccc2)N2CCOCC2)C(=O)N3)cc1. The second-order valence-electron chi connectivity index (χ2n) is 8.27. The van der Waals surface area contributed by atoms with Gasteiger partial charge in [0, 0.05) is 47.2 Å². The fourth-order valence-corrected chi connectivity index (χ4v) is 4.20. The van der Waals surface area contributed by atoms with E-state index in [0.29, 0.717) is 59.8 Å². The second kappa shape index (κ2) is 9.54. The molecule has 2 amide bonds. The average Bonchev–Trinajstić information content (AvgIpc) is 3.21. The van der Waals surface area contributed by atoms with Crippen LogP contribution in [0.25, 0.3) is 5.57 Å². The standard InChI is InChI=1S/C27H24N4O4/c28-26(33)19-8-6-18(7-9-19)25(32)20-10-11-24-22(16-20)23(27(34)29-24)17-31(21-4-2-1-3-5-21)30-12-14-35-15-13-30/h1-11,16-17H,12-15H2,(H2,28,33)(H,29,34). The van der Waals surface area contributed by atoms with Gasteiger partial charge in [0.05, 0.1) is 24.5 Å². The van der Waals surface area contributed by atoms with Gasteiger partial charge in [0.2, 0.25) is 5.91 Å². The molecular formula is C27H24N4O4. The molecule has 2 heterocycles. The monoisotopic (exact) mass is 468 g/mol. The van der Waals surface area contributed by atoms with E-state index in [4.69, 9.17) is 10.5 Å². The molecule has 0 bridgehead atoms. The number of hydrogen-bond donors (Lipinski definition) is 2. The van der Waals surface area contributed by atoms with Crippen molar-refractivity contribution < 1.29 is 19.1 Å². The molecule has 0 unspecified atom stereocenters. The third kappa shape index (κ3) is 4.57. The number of carbonyl (C=O) groups excluding carboxylic acids is 3. The van der Waals surface area contributed by atoms with Gasteiger partial charge in [-0.25, -0.2) is 5.01 Å². The topological polar surface area (TPSA) is 105 Å². The number of fused-ring (bicyclic) bond motifs is 1. The van der Waals surface area contributed by atoms with Crippen LogP contribution in [0.1, 0.15) is 31.8 Å². The first-order valence-corrected chi connectivity index (χ1v) is 11.3.